The van der Waals surface area contributed by atoms with Crippen molar-refractivity contribution in [3.63, 3.8) is 0 Å². The summed E-state index contributed by atoms with van der Waals surface area (Å²) in [6, 6.07) is 0. The normalized spacial score (nSPS) is 49.1. The van der Waals surface area contributed by atoms with Crippen LogP contribution in [-0.4, -0.2) is 29.6 Å². The lowest BCUT2D eigenvalue weighted by Crippen LogP contribution is -2.59. The molecule has 0 N–H and O–H groups in total. The van der Waals surface area contributed by atoms with Gasteiger partial charge in [-0.05, 0) is 68.4 Å². The van der Waals surface area contributed by atoms with Crippen LogP contribution in [0.2, 0.25) is 0 Å². The molecule has 0 aromatic heterocycles. The van der Waals surface area contributed by atoms with Crippen LogP contribution in [-0.2, 0) is 19.1 Å². The van der Waals surface area contributed by atoms with E-state index in [2.05, 4.69) is 26.8 Å². The molecule has 1 saturated heterocycles. The summed E-state index contributed by atoms with van der Waals surface area (Å²) in [5.41, 5.74) is 0.352. The molecule has 5 aliphatic rings. The molecule has 3 saturated carbocycles. The molecular weight excluding hydrogens is 376 g/mol. The van der Waals surface area contributed by atoms with Crippen LogP contribution in [0, 0.1) is 28.6 Å². The summed E-state index contributed by atoms with van der Waals surface area (Å²) in [5.74, 6) is 1.88. The van der Waals surface area contributed by atoms with Gasteiger partial charge in [0.1, 0.15) is 0 Å². The van der Waals surface area contributed by atoms with Crippen LogP contribution in [0.5, 0.6) is 0 Å². The van der Waals surface area contributed by atoms with E-state index in [4.69, 9.17) is 9.47 Å². The third-order valence-corrected chi connectivity index (χ3v) is 9.61. The van der Waals surface area contributed by atoms with E-state index >= 15 is 0 Å². The highest BCUT2D eigenvalue weighted by atomic mass is 16.7. The molecule has 30 heavy (non-hydrogen) atoms. The zero-order chi connectivity index (χ0) is 21.3. The number of carbonyl (C=O) groups excluding carboxylic acids is 2. The van der Waals surface area contributed by atoms with Crippen LogP contribution in [0.15, 0.2) is 23.8 Å². The van der Waals surface area contributed by atoms with Crippen molar-refractivity contribution in [2.45, 2.75) is 97.1 Å². The third-order valence-electron chi connectivity index (χ3n) is 9.61. The van der Waals surface area contributed by atoms with Crippen LogP contribution in [0.1, 0.15) is 79.1 Å². The van der Waals surface area contributed by atoms with E-state index in [1.54, 1.807) is 6.08 Å². The molecule has 0 amide bonds. The fourth-order valence-electron chi connectivity index (χ4n) is 8.15. The lowest BCUT2D eigenvalue weighted by atomic mass is 9.47. The Bertz CT molecular complexity index is 827. The van der Waals surface area contributed by atoms with Crippen LogP contribution < -0.4 is 0 Å². The van der Waals surface area contributed by atoms with Crippen molar-refractivity contribution in [2.75, 3.05) is 0 Å². The Labute approximate surface area is 180 Å². The molecule has 0 aromatic rings. The highest BCUT2D eigenvalue weighted by molar-refractivity contribution is 6.01. The molecule has 4 nitrogen and oxygen atoms in total. The van der Waals surface area contributed by atoms with Crippen molar-refractivity contribution >= 4 is 11.6 Å². The second-order valence-electron chi connectivity index (χ2n) is 10.8. The average Bonchev–Trinajstić information content (AvgIpc) is 3.20. The number of Topliss-reactive ketones (excluding diaryl/α,β-unsaturated/α-hetero) is 1. The Morgan fingerprint density at radius 1 is 1.20 bits per heavy atom. The second kappa shape index (κ2) is 6.87. The molecule has 5 rings (SSSR count). The van der Waals surface area contributed by atoms with Gasteiger partial charge in [0, 0.05) is 17.3 Å². The zero-order valence-corrected chi connectivity index (χ0v) is 18.9. The van der Waals surface area contributed by atoms with E-state index in [-0.39, 0.29) is 34.8 Å². The zero-order valence-electron chi connectivity index (χ0n) is 18.9. The van der Waals surface area contributed by atoms with Gasteiger partial charge in [-0.15, -0.1) is 0 Å². The SMILES string of the molecule is CCCC1O[C@@H]2CC3C4CCC5=CC(=O)C=CC5(C)C4CCC3(C)[C@]2(C(=O)CC)O1. The van der Waals surface area contributed by atoms with E-state index in [0.717, 1.165) is 44.9 Å². The minimum atomic E-state index is -0.771. The van der Waals surface area contributed by atoms with Crippen LogP contribution >= 0.6 is 0 Å². The van der Waals surface area contributed by atoms with Gasteiger partial charge in [0.25, 0.3) is 0 Å². The van der Waals surface area contributed by atoms with Gasteiger partial charge < -0.3 is 9.47 Å². The van der Waals surface area contributed by atoms with Crippen LogP contribution in [0.4, 0.5) is 0 Å². The summed E-state index contributed by atoms with van der Waals surface area (Å²) in [6.07, 6.45) is 12.9. The van der Waals surface area contributed by atoms with Crippen molar-refractivity contribution in [3.05, 3.63) is 23.8 Å². The smallest absolute Gasteiger partial charge is 0.178 e. The summed E-state index contributed by atoms with van der Waals surface area (Å²) in [5, 5.41) is 0. The predicted molar refractivity (Wildman–Crippen MR) is 115 cm³/mol. The molecule has 4 fully saturated rings. The summed E-state index contributed by atoms with van der Waals surface area (Å²) in [7, 11) is 0. The number of hydrogen-bond donors (Lipinski definition) is 0. The van der Waals surface area contributed by atoms with Crippen LogP contribution in [0.3, 0.4) is 0 Å². The van der Waals surface area contributed by atoms with E-state index < -0.39 is 5.60 Å². The highest BCUT2D eigenvalue weighted by Gasteiger charge is 2.74. The van der Waals surface area contributed by atoms with E-state index in [1.807, 2.05) is 13.0 Å². The van der Waals surface area contributed by atoms with Crippen molar-refractivity contribution in [2.24, 2.45) is 28.6 Å². The molecule has 1 heterocycles. The summed E-state index contributed by atoms with van der Waals surface area (Å²) >= 11 is 0. The summed E-state index contributed by atoms with van der Waals surface area (Å²) in [6.45, 7) is 8.76. The minimum Gasteiger partial charge on any atom is -0.346 e. The molecule has 6 unspecified atom stereocenters. The van der Waals surface area contributed by atoms with Gasteiger partial charge in [0.05, 0.1) is 6.10 Å². The average molecular weight is 413 g/mol. The molecule has 4 aliphatic carbocycles. The predicted octanol–water partition coefficient (Wildman–Crippen LogP) is 5.16. The molecule has 0 bridgehead atoms. The molecule has 0 spiro atoms. The van der Waals surface area contributed by atoms with Crippen molar-refractivity contribution in [3.8, 4) is 0 Å². The third kappa shape index (κ3) is 2.47. The fourth-order valence-corrected chi connectivity index (χ4v) is 8.15. The molecule has 8 atom stereocenters. The fraction of sp³-hybridized carbons (Fsp3) is 0.769. The quantitative estimate of drug-likeness (QED) is 0.640. The molecule has 4 heteroatoms. The number of hydrogen-bond acceptors (Lipinski definition) is 4. The number of carbonyl (C=O) groups is 2. The first-order chi connectivity index (χ1) is 14.3. The van der Waals surface area contributed by atoms with Gasteiger partial charge in [0.2, 0.25) is 0 Å². The maximum Gasteiger partial charge on any atom is 0.178 e. The highest BCUT2D eigenvalue weighted by Crippen LogP contribution is 2.69. The number of allylic oxidation sites excluding steroid dienone is 4. The first-order valence-electron chi connectivity index (χ1n) is 12.1. The lowest BCUT2D eigenvalue weighted by molar-refractivity contribution is -0.184. The Morgan fingerprint density at radius 2 is 2.00 bits per heavy atom. The largest absolute Gasteiger partial charge is 0.346 e. The lowest BCUT2D eigenvalue weighted by Gasteiger charge is -2.58. The summed E-state index contributed by atoms with van der Waals surface area (Å²) < 4.78 is 13.0. The second-order valence-corrected chi connectivity index (χ2v) is 10.8. The molecule has 0 radical (unpaired) electrons. The first-order valence-corrected chi connectivity index (χ1v) is 12.1. The van der Waals surface area contributed by atoms with Gasteiger partial charge in [-0.1, -0.05) is 45.8 Å². The summed E-state index contributed by atoms with van der Waals surface area (Å²) in [4.78, 5) is 25.4. The molecule has 0 aromatic carbocycles. The monoisotopic (exact) mass is 412 g/mol. The number of ketones is 2. The molecule has 1 aliphatic heterocycles. The van der Waals surface area contributed by atoms with Crippen molar-refractivity contribution in [1.29, 1.82) is 0 Å². The topological polar surface area (TPSA) is 52.6 Å². The number of rotatable bonds is 4. The first kappa shape index (κ1) is 20.6. The van der Waals surface area contributed by atoms with Gasteiger partial charge in [-0.2, -0.15) is 0 Å². The maximum absolute atomic E-state index is 13.5. The standard InChI is InChI=1S/C26H36O4/c1-5-7-23-29-22-15-20-18-9-8-16-14-17(27)10-12-24(16,3)19(18)11-13-25(20,4)26(22,30-23)21(28)6-2/h10,12,14,18-20,22-23H,5-9,11,13,15H2,1-4H3/t18?,19?,20?,22-,23?,24?,25?,26-/m1/s1. The van der Waals surface area contributed by atoms with Crippen molar-refractivity contribution < 1.29 is 19.1 Å². The minimum absolute atomic E-state index is 0.0236. The van der Waals surface area contributed by atoms with Crippen molar-refractivity contribution in [1.82, 2.24) is 0 Å². The van der Waals surface area contributed by atoms with Gasteiger partial charge in [0.15, 0.2) is 23.5 Å². The maximum atomic E-state index is 13.5. The van der Waals surface area contributed by atoms with E-state index in [9.17, 15) is 9.59 Å². The van der Waals surface area contributed by atoms with E-state index in [0.29, 0.717) is 24.2 Å². The van der Waals surface area contributed by atoms with Gasteiger partial charge >= 0.3 is 0 Å². The molecular formula is C26H36O4. The van der Waals surface area contributed by atoms with Gasteiger partial charge in [-0.25, -0.2) is 0 Å². The molecule has 164 valence electrons. The van der Waals surface area contributed by atoms with Crippen LogP contribution in [0.25, 0.3) is 0 Å². The number of ether oxygens (including phenoxy) is 2. The Morgan fingerprint density at radius 3 is 2.73 bits per heavy atom. The van der Waals surface area contributed by atoms with E-state index in [1.165, 1.54) is 5.57 Å². The van der Waals surface area contributed by atoms with Gasteiger partial charge in [-0.3, -0.25) is 9.59 Å². The number of fused-ring (bicyclic) bond motifs is 7. The Kier molecular flexibility index (Phi) is 4.72. The Balaban J connectivity index is 1.51. The Hall–Kier alpha value is -1.26.